The predicted octanol–water partition coefficient (Wildman–Crippen LogP) is 3.63. The van der Waals surface area contributed by atoms with Crippen LogP contribution in [-0.2, 0) is 14.3 Å². The van der Waals surface area contributed by atoms with Crippen molar-refractivity contribution in [1.29, 1.82) is 0 Å². The zero-order valence-corrected chi connectivity index (χ0v) is 18.3. The minimum Gasteiger partial charge on any atom is -0.481 e. The van der Waals surface area contributed by atoms with Crippen LogP contribution in [-0.4, -0.2) is 53.7 Å². The van der Waals surface area contributed by atoms with Crippen molar-refractivity contribution in [3.8, 4) is 11.1 Å². The number of hydrogen-bond donors (Lipinski definition) is 2. The van der Waals surface area contributed by atoms with Crippen LogP contribution >= 0.6 is 0 Å². The third-order valence-electron chi connectivity index (χ3n) is 6.53. The van der Waals surface area contributed by atoms with Crippen LogP contribution in [0.3, 0.4) is 0 Å². The van der Waals surface area contributed by atoms with E-state index in [1.165, 1.54) is 4.90 Å². The van der Waals surface area contributed by atoms with Crippen LogP contribution in [0.5, 0.6) is 0 Å². The molecule has 7 heteroatoms. The van der Waals surface area contributed by atoms with E-state index in [0.29, 0.717) is 6.42 Å². The van der Waals surface area contributed by atoms with Gasteiger partial charge in [0.2, 0.25) is 5.91 Å². The van der Waals surface area contributed by atoms with Crippen LogP contribution in [0.2, 0.25) is 0 Å². The predicted molar refractivity (Wildman–Crippen MR) is 119 cm³/mol. The summed E-state index contributed by atoms with van der Waals surface area (Å²) in [5, 5.41) is 12.0. The number of likely N-dealkylation sites (tertiary alicyclic amines) is 1. The summed E-state index contributed by atoms with van der Waals surface area (Å²) in [5.41, 5.74) is 3.73. The number of nitrogens with one attached hydrogen (secondary N) is 1. The van der Waals surface area contributed by atoms with Gasteiger partial charge in [-0.1, -0.05) is 55.5 Å². The Balaban J connectivity index is 1.32. The van der Waals surface area contributed by atoms with Crippen molar-refractivity contribution < 1.29 is 24.2 Å². The van der Waals surface area contributed by atoms with Crippen molar-refractivity contribution in [1.82, 2.24) is 10.2 Å². The lowest BCUT2D eigenvalue weighted by Crippen LogP contribution is -2.61. The number of carboxylic acid groups (broad SMARTS) is 1. The number of hydrogen-bond acceptors (Lipinski definition) is 4. The first-order valence-electron chi connectivity index (χ1n) is 10.9. The van der Waals surface area contributed by atoms with Crippen LogP contribution in [0, 0.1) is 5.41 Å². The van der Waals surface area contributed by atoms with Crippen LogP contribution in [0.1, 0.15) is 43.7 Å². The highest BCUT2D eigenvalue weighted by Gasteiger charge is 2.47. The first-order chi connectivity index (χ1) is 15.3. The number of benzene rings is 2. The van der Waals surface area contributed by atoms with E-state index in [9.17, 15) is 19.5 Å². The molecule has 0 radical (unpaired) electrons. The summed E-state index contributed by atoms with van der Waals surface area (Å²) in [5.74, 6) is -1.08. The van der Waals surface area contributed by atoms with Crippen LogP contribution < -0.4 is 5.32 Å². The van der Waals surface area contributed by atoms with Crippen LogP contribution in [0.25, 0.3) is 11.1 Å². The number of carbonyl (C=O) groups is 3. The van der Waals surface area contributed by atoms with Gasteiger partial charge in [0.1, 0.15) is 6.61 Å². The van der Waals surface area contributed by atoms with Crippen molar-refractivity contribution in [3.63, 3.8) is 0 Å². The van der Waals surface area contributed by atoms with Gasteiger partial charge in [0, 0.05) is 31.5 Å². The fraction of sp³-hybridized carbons (Fsp3) is 0.400. The maximum atomic E-state index is 12.5. The van der Waals surface area contributed by atoms with Crippen LogP contribution in [0.15, 0.2) is 48.5 Å². The van der Waals surface area contributed by atoms with E-state index in [1.54, 1.807) is 6.92 Å². The van der Waals surface area contributed by atoms with Gasteiger partial charge in [0.05, 0.1) is 5.41 Å². The van der Waals surface area contributed by atoms with Gasteiger partial charge in [-0.25, -0.2) is 4.79 Å². The topological polar surface area (TPSA) is 95.9 Å². The summed E-state index contributed by atoms with van der Waals surface area (Å²) in [7, 11) is 0. The van der Waals surface area contributed by atoms with E-state index in [2.05, 4.69) is 29.6 Å². The molecule has 1 aliphatic heterocycles. The first-order valence-corrected chi connectivity index (χ1v) is 10.9. The number of amides is 2. The Morgan fingerprint density at radius 1 is 1.09 bits per heavy atom. The van der Waals surface area contributed by atoms with Crippen molar-refractivity contribution in [2.24, 2.45) is 5.41 Å². The molecular weight excluding hydrogens is 408 g/mol. The van der Waals surface area contributed by atoms with E-state index >= 15 is 0 Å². The van der Waals surface area contributed by atoms with Gasteiger partial charge in [-0.3, -0.25) is 9.59 Å². The third kappa shape index (κ3) is 4.07. The molecule has 0 saturated carbocycles. The van der Waals surface area contributed by atoms with E-state index < -0.39 is 17.5 Å². The highest BCUT2D eigenvalue weighted by atomic mass is 16.5. The minimum absolute atomic E-state index is 0.0235. The van der Waals surface area contributed by atoms with E-state index in [0.717, 1.165) is 22.3 Å². The van der Waals surface area contributed by atoms with Crippen LogP contribution in [0.4, 0.5) is 4.79 Å². The molecule has 32 heavy (non-hydrogen) atoms. The Kier molecular flexibility index (Phi) is 5.91. The van der Waals surface area contributed by atoms with Gasteiger partial charge >= 0.3 is 12.1 Å². The van der Waals surface area contributed by atoms with E-state index in [4.69, 9.17) is 4.74 Å². The molecule has 168 valence electrons. The molecule has 1 unspecified atom stereocenters. The normalized spacial score (nSPS) is 17.0. The molecule has 2 aliphatic rings. The van der Waals surface area contributed by atoms with Gasteiger partial charge in [-0.05, 0) is 35.6 Å². The molecule has 1 aliphatic carbocycles. The lowest BCUT2D eigenvalue weighted by molar-refractivity contribution is -0.164. The number of carboxylic acids is 1. The standard InChI is InChI=1S/C25H28N2O5/c1-3-16(12-22(28)27-14-25(2,15-27)23(29)30)26-24(31)32-13-21-19-10-6-4-8-17(19)18-9-5-7-11-20(18)21/h4-11,16,21H,3,12-15H2,1-2H3,(H,26,31)(H,29,30). The van der Waals surface area contributed by atoms with Gasteiger partial charge < -0.3 is 20.1 Å². The Bertz CT molecular complexity index is 999. The number of rotatable bonds is 7. The second-order valence-corrected chi connectivity index (χ2v) is 8.89. The Labute approximate surface area is 187 Å². The molecular formula is C25H28N2O5. The lowest BCUT2D eigenvalue weighted by Gasteiger charge is -2.45. The van der Waals surface area contributed by atoms with Gasteiger partial charge in [-0.2, -0.15) is 0 Å². The SMILES string of the molecule is CCC(CC(=O)N1CC(C)(C(=O)O)C1)NC(=O)OCC1c2ccccc2-c2ccccc21. The molecule has 1 saturated heterocycles. The lowest BCUT2D eigenvalue weighted by atomic mass is 9.82. The quantitative estimate of drug-likeness (QED) is 0.691. The van der Waals surface area contributed by atoms with E-state index in [1.807, 2.05) is 31.2 Å². The van der Waals surface area contributed by atoms with Crippen molar-refractivity contribution in [2.45, 2.75) is 38.6 Å². The largest absolute Gasteiger partial charge is 0.481 e. The summed E-state index contributed by atoms with van der Waals surface area (Å²) in [6.45, 7) is 4.13. The summed E-state index contributed by atoms with van der Waals surface area (Å²) in [4.78, 5) is 37.7. The molecule has 1 atom stereocenters. The second-order valence-electron chi connectivity index (χ2n) is 8.89. The molecule has 2 N–H and O–H groups in total. The summed E-state index contributed by atoms with van der Waals surface area (Å²) >= 11 is 0. The molecule has 2 amide bonds. The number of aliphatic carboxylic acids is 1. The van der Waals surface area contributed by atoms with E-state index in [-0.39, 0.29) is 44.0 Å². The zero-order valence-electron chi connectivity index (χ0n) is 18.3. The smallest absolute Gasteiger partial charge is 0.407 e. The Morgan fingerprint density at radius 2 is 1.66 bits per heavy atom. The fourth-order valence-electron chi connectivity index (χ4n) is 4.55. The van der Waals surface area contributed by atoms with Gasteiger partial charge in [0.25, 0.3) is 0 Å². The first kappa shape index (κ1) is 21.9. The van der Waals surface area contributed by atoms with Crippen molar-refractivity contribution >= 4 is 18.0 Å². The molecule has 0 bridgehead atoms. The van der Waals surface area contributed by atoms with Crippen molar-refractivity contribution in [3.05, 3.63) is 59.7 Å². The maximum absolute atomic E-state index is 12.5. The molecule has 0 aromatic heterocycles. The molecule has 0 spiro atoms. The van der Waals surface area contributed by atoms with Gasteiger partial charge in [-0.15, -0.1) is 0 Å². The summed E-state index contributed by atoms with van der Waals surface area (Å²) in [6.07, 6.45) is 0.140. The number of ether oxygens (including phenoxy) is 1. The monoisotopic (exact) mass is 436 g/mol. The minimum atomic E-state index is -0.898. The molecule has 2 aromatic carbocycles. The number of carbonyl (C=O) groups excluding carboxylic acids is 2. The average molecular weight is 437 g/mol. The highest BCUT2D eigenvalue weighted by Crippen LogP contribution is 2.44. The number of nitrogens with zero attached hydrogens (tertiary/aromatic N) is 1. The molecule has 7 nitrogen and oxygen atoms in total. The average Bonchev–Trinajstić information content (AvgIpc) is 3.08. The van der Waals surface area contributed by atoms with Gasteiger partial charge in [0.15, 0.2) is 0 Å². The summed E-state index contributed by atoms with van der Waals surface area (Å²) < 4.78 is 5.57. The second kappa shape index (κ2) is 8.65. The number of fused-ring (bicyclic) bond motifs is 3. The molecule has 1 heterocycles. The summed E-state index contributed by atoms with van der Waals surface area (Å²) in [6, 6.07) is 15.9. The zero-order chi connectivity index (χ0) is 22.9. The molecule has 2 aromatic rings. The Hall–Kier alpha value is -3.35. The van der Waals surface area contributed by atoms with Crippen molar-refractivity contribution in [2.75, 3.05) is 19.7 Å². The third-order valence-corrected chi connectivity index (χ3v) is 6.53. The maximum Gasteiger partial charge on any atom is 0.407 e. The molecule has 1 fully saturated rings. The fourth-order valence-corrected chi connectivity index (χ4v) is 4.55. The number of alkyl carbamates (subject to hydrolysis) is 1. The highest BCUT2D eigenvalue weighted by molar-refractivity contribution is 5.84. The Morgan fingerprint density at radius 3 is 2.19 bits per heavy atom. The molecule has 4 rings (SSSR count).